The number of rotatable bonds is 3. The molecule has 1 aliphatic carbocycles. The molecule has 0 radical (unpaired) electrons. The standard InChI is InChI=1S/C13H24N2O2/c1-17-9-12-6-3-7-15(12)13(16)10-4-2-5-11(14)8-10/h10-12H,2-9,14H2,1H3. The van der Waals surface area contributed by atoms with Gasteiger partial charge in [0.25, 0.3) is 0 Å². The van der Waals surface area contributed by atoms with Crippen molar-refractivity contribution in [3.05, 3.63) is 0 Å². The summed E-state index contributed by atoms with van der Waals surface area (Å²) in [6.07, 6.45) is 6.25. The fraction of sp³-hybridized carbons (Fsp3) is 0.923. The summed E-state index contributed by atoms with van der Waals surface area (Å²) in [6.45, 7) is 1.57. The molecule has 1 heterocycles. The lowest BCUT2D eigenvalue weighted by Gasteiger charge is -2.32. The Morgan fingerprint density at radius 3 is 2.88 bits per heavy atom. The van der Waals surface area contributed by atoms with Gasteiger partial charge in [-0.3, -0.25) is 4.79 Å². The van der Waals surface area contributed by atoms with E-state index in [9.17, 15) is 4.79 Å². The summed E-state index contributed by atoms with van der Waals surface area (Å²) in [6, 6.07) is 0.520. The van der Waals surface area contributed by atoms with Gasteiger partial charge in [0.2, 0.25) is 5.91 Å². The van der Waals surface area contributed by atoms with Crippen LogP contribution in [0.1, 0.15) is 38.5 Å². The Morgan fingerprint density at radius 1 is 1.35 bits per heavy atom. The summed E-state index contributed by atoms with van der Waals surface area (Å²) in [4.78, 5) is 14.5. The Morgan fingerprint density at radius 2 is 2.18 bits per heavy atom. The number of nitrogens with zero attached hydrogens (tertiary/aromatic N) is 1. The van der Waals surface area contributed by atoms with Crippen LogP contribution in [0.15, 0.2) is 0 Å². The van der Waals surface area contributed by atoms with Crippen molar-refractivity contribution in [1.82, 2.24) is 4.90 Å². The zero-order valence-corrected chi connectivity index (χ0v) is 10.7. The van der Waals surface area contributed by atoms with E-state index in [-0.39, 0.29) is 12.0 Å². The van der Waals surface area contributed by atoms with E-state index < -0.39 is 0 Å². The topological polar surface area (TPSA) is 55.6 Å². The molecule has 0 aromatic carbocycles. The first-order valence-electron chi connectivity index (χ1n) is 6.77. The lowest BCUT2D eigenvalue weighted by Crippen LogP contribution is -2.44. The number of carbonyl (C=O) groups is 1. The normalized spacial score (nSPS) is 34.0. The molecule has 0 bridgehead atoms. The predicted molar refractivity (Wildman–Crippen MR) is 66.5 cm³/mol. The Bertz CT molecular complexity index is 270. The van der Waals surface area contributed by atoms with Crippen LogP contribution in [0.25, 0.3) is 0 Å². The van der Waals surface area contributed by atoms with Crippen LogP contribution < -0.4 is 5.73 Å². The van der Waals surface area contributed by atoms with E-state index in [2.05, 4.69) is 0 Å². The lowest BCUT2D eigenvalue weighted by molar-refractivity contribution is -0.138. The summed E-state index contributed by atoms with van der Waals surface area (Å²) in [7, 11) is 1.71. The zero-order chi connectivity index (χ0) is 12.3. The van der Waals surface area contributed by atoms with Gasteiger partial charge in [0.05, 0.1) is 12.6 Å². The Kier molecular flexibility index (Phi) is 4.40. The lowest BCUT2D eigenvalue weighted by atomic mass is 9.85. The number of ether oxygens (including phenoxy) is 1. The number of hydrogen-bond donors (Lipinski definition) is 1. The quantitative estimate of drug-likeness (QED) is 0.805. The average molecular weight is 240 g/mol. The fourth-order valence-corrected chi connectivity index (χ4v) is 3.18. The molecule has 2 rings (SSSR count). The molecule has 3 atom stereocenters. The first-order valence-corrected chi connectivity index (χ1v) is 6.77. The van der Waals surface area contributed by atoms with E-state index in [0.29, 0.717) is 18.6 Å². The van der Waals surface area contributed by atoms with Crippen molar-refractivity contribution in [2.24, 2.45) is 11.7 Å². The molecule has 3 unspecified atom stereocenters. The number of carbonyl (C=O) groups excluding carboxylic acids is 1. The van der Waals surface area contributed by atoms with Gasteiger partial charge in [-0.25, -0.2) is 0 Å². The van der Waals surface area contributed by atoms with Gasteiger partial charge in [0.15, 0.2) is 0 Å². The molecule has 4 nitrogen and oxygen atoms in total. The highest BCUT2D eigenvalue weighted by Crippen LogP contribution is 2.28. The molecule has 17 heavy (non-hydrogen) atoms. The second kappa shape index (κ2) is 5.83. The van der Waals surface area contributed by atoms with Gasteiger partial charge in [0.1, 0.15) is 0 Å². The van der Waals surface area contributed by atoms with Crippen LogP contribution in [0, 0.1) is 5.92 Å². The average Bonchev–Trinajstić information content (AvgIpc) is 2.77. The maximum atomic E-state index is 12.4. The Labute approximate surface area is 103 Å². The molecule has 2 fully saturated rings. The maximum Gasteiger partial charge on any atom is 0.226 e. The molecular weight excluding hydrogens is 216 g/mol. The molecule has 0 aromatic rings. The smallest absolute Gasteiger partial charge is 0.226 e. The van der Waals surface area contributed by atoms with Gasteiger partial charge < -0.3 is 15.4 Å². The van der Waals surface area contributed by atoms with Gasteiger partial charge in [-0.15, -0.1) is 0 Å². The van der Waals surface area contributed by atoms with E-state index in [1.807, 2.05) is 4.90 Å². The molecule has 0 aromatic heterocycles. The van der Waals surface area contributed by atoms with E-state index in [1.165, 1.54) is 0 Å². The van der Waals surface area contributed by atoms with Crippen molar-refractivity contribution in [2.45, 2.75) is 50.6 Å². The summed E-state index contributed by atoms with van der Waals surface area (Å²) in [5.41, 5.74) is 5.96. The first kappa shape index (κ1) is 12.8. The summed E-state index contributed by atoms with van der Waals surface area (Å²) >= 11 is 0. The van der Waals surface area contributed by atoms with Crippen LogP contribution in [0.3, 0.4) is 0 Å². The van der Waals surface area contributed by atoms with Crippen LogP contribution in [-0.4, -0.2) is 43.2 Å². The number of likely N-dealkylation sites (tertiary alicyclic amines) is 1. The van der Waals surface area contributed by atoms with Crippen molar-refractivity contribution >= 4 is 5.91 Å². The van der Waals surface area contributed by atoms with E-state index in [4.69, 9.17) is 10.5 Å². The molecule has 1 aliphatic heterocycles. The van der Waals surface area contributed by atoms with E-state index in [1.54, 1.807) is 7.11 Å². The molecule has 2 N–H and O–H groups in total. The van der Waals surface area contributed by atoms with Crippen molar-refractivity contribution in [2.75, 3.05) is 20.3 Å². The Balaban J connectivity index is 1.93. The molecule has 1 amide bonds. The summed E-state index contributed by atoms with van der Waals surface area (Å²) in [5.74, 6) is 0.482. The predicted octanol–water partition coefficient (Wildman–Crippen LogP) is 1.14. The molecule has 0 spiro atoms. The minimum absolute atomic E-state index is 0.163. The monoisotopic (exact) mass is 240 g/mol. The third-order valence-electron chi connectivity index (χ3n) is 4.08. The van der Waals surface area contributed by atoms with Gasteiger partial charge in [-0.05, 0) is 32.1 Å². The van der Waals surface area contributed by atoms with E-state index >= 15 is 0 Å². The SMILES string of the molecule is COCC1CCCN1C(=O)C1CCCC(N)C1. The van der Waals surface area contributed by atoms with Crippen LogP contribution in [0.5, 0.6) is 0 Å². The first-order chi connectivity index (χ1) is 8.22. The molecule has 1 saturated heterocycles. The number of nitrogens with two attached hydrogens (primary N) is 1. The van der Waals surface area contributed by atoms with Gasteiger partial charge in [-0.1, -0.05) is 6.42 Å². The highest BCUT2D eigenvalue weighted by molar-refractivity contribution is 5.79. The number of amides is 1. The van der Waals surface area contributed by atoms with Crippen LogP contribution in [0.2, 0.25) is 0 Å². The minimum Gasteiger partial charge on any atom is -0.383 e. The van der Waals surface area contributed by atoms with Crippen molar-refractivity contribution in [3.63, 3.8) is 0 Å². The van der Waals surface area contributed by atoms with Gasteiger partial charge >= 0.3 is 0 Å². The molecule has 98 valence electrons. The van der Waals surface area contributed by atoms with Crippen LogP contribution >= 0.6 is 0 Å². The minimum atomic E-state index is 0.163. The van der Waals surface area contributed by atoms with Crippen LogP contribution in [0.4, 0.5) is 0 Å². The second-order valence-electron chi connectivity index (χ2n) is 5.41. The maximum absolute atomic E-state index is 12.4. The zero-order valence-electron chi connectivity index (χ0n) is 10.7. The number of hydrogen-bond acceptors (Lipinski definition) is 3. The van der Waals surface area contributed by atoms with E-state index in [0.717, 1.165) is 45.1 Å². The molecular formula is C13H24N2O2. The number of methoxy groups -OCH3 is 1. The summed E-state index contributed by atoms with van der Waals surface area (Å²) in [5, 5.41) is 0. The molecule has 1 saturated carbocycles. The van der Waals surface area contributed by atoms with Gasteiger partial charge in [0, 0.05) is 25.6 Å². The van der Waals surface area contributed by atoms with Gasteiger partial charge in [-0.2, -0.15) is 0 Å². The molecule has 2 aliphatic rings. The van der Waals surface area contributed by atoms with Crippen LogP contribution in [-0.2, 0) is 9.53 Å². The highest BCUT2D eigenvalue weighted by atomic mass is 16.5. The van der Waals surface area contributed by atoms with Crippen molar-refractivity contribution in [1.29, 1.82) is 0 Å². The largest absolute Gasteiger partial charge is 0.383 e. The highest BCUT2D eigenvalue weighted by Gasteiger charge is 2.34. The Hall–Kier alpha value is -0.610. The fourth-order valence-electron chi connectivity index (χ4n) is 3.18. The molecule has 4 heteroatoms. The third kappa shape index (κ3) is 2.99. The van der Waals surface area contributed by atoms with Crippen molar-refractivity contribution < 1.29 is 9.53 Å². The summed E-state index contributed by atoms with van der Waals surface area (Å²) < 4.78 is 5.20. The van der Waals surface area contributed by atoms with Crippen molar-refractivity contribution in [3.8, 4) is 0 Å². The third-order valence-corrected chi connectivity index (χ3v) is 4.08. The second-order valence-corrected chi connectivity index (χ2v) is 5.41.